The average molecular weight is 373 g/mol. The maximum Gasteiger partial charge on any atom is 0.226 e. The highest BCUT2D eigenvalue weighted by Crippen LogP contribution is 2.18. The van der Waals surface area contributed by atoms with Crippen molar-refractivity contribution in [1.82, 2.24) is 4.90 Å². The number of halogens is 1. The molecule has 2 aromatic carbocycles. The number of hydrogen-bond acceptors (Lipinski definition) is 3. The molecule has 4 nitrogen and oxygen atoms in total. The van der Waals surface area contributed by atoms with Crippen LogP contribution >= 0.6 is 15.9 Å². The quantitative estimate of drug-likeness (QED) is 0.775. The molecule has 0 radical (unpaired) electrons. The largest absolute Gasteiger partial charge is 0.493 e. The van der Waals surface area contributed by atoms with E-state index in [-0.39, 0.29) is 5.91 Å². The van der Waals surface area contributed by atoms with E-state index in [0.717, 1.165) is 15.8 Å². The Kier molecular flexibility index (Phi) is 6.19. The highest BCUT2D eigenvalue weighted by molar-refractivity contribution is 9.10. The number of carbonyl (C=O) groups is 1. The van der Waals surface area contributed by atoms with Crippen LogP contribution in [-0.4, -0.2) is 24.5 Å². The van der Waals surface area contributed by atoms with Crippen molar-refractivity contribution in [2.24, 2.45) is 0 Å². The zero-order valence-corrected chi connectivity index (χ0v) is 14.4. The van der Waals surface area contributed by atoms with Crippen LogP contribution in [0.25, 0.3) is 0 Å². The molecule has 118 valence electrons. The Morgan fingerprint density at radius 2 is 2.04 bits per heavy atom. The van der Waals surface area contributed by atoms with Gasteiger partial charge in [0.05, 0.1) is 24.7 Å². The van der Waals surface area contributed by atoms with Gasteiger partial charge in [0, 0.05) is 18.1 Å². The van der Waals surface area contributed by atoms with Crippen LogP contribution < -0.4 is 4.74 Å². The van der Waals surface area contributed by atoms with Gasteiger partial charge >= 0.3 is 0 Å². The Morgan fingerprint density at radius 3 is 2.78 bits per heavy atom. The van der Waals surface area contributed by atoms with Gasteiger partial charge < -0.3 is 9.64 Å². The van der Waals surface area contributed by atoms with Crippen molar-refractivity contribution in [2.75, 3.05) is 13.7 Å². The fourth-order valence-electron chi connectivity index (χ4n) is 2.11. The summed E-state index contributed by atoms with van der Waals surface area (Å²) in [5, 5.41) is 8.90. The van der Waals surface area contributed by atoms with E-state index in [1.165, 1.54) is 0 Å². The first-order chi connectivity index (χ1) is 11.1. The molecule has 2 rings (SSSR count). The number of ether oxygens (including phenoxy) is 1. The minimum atomic E-state index is 0.00218. The van der Waals surface area contributed by atoms with E-state index < -0.39 is 0 Å². The Morgan fingerprint density at radius 1 is 1.26 bits per heavy atom. The first-order valence-electron chi connectivity index (χ1n) is 7.20. The Bertz CT molecular complexity index is 725. The number of nitrogens with zero attached hydrogens (tertiary/aromatic N) is 2. The molecule has 0 heterocycles. The number of amides is 1. The summed E-state index contributed by atoms with van der Waals surface area (Å²) in [6.45, 7) is 0.809. The summed E-state index contributed by atoms with van der Waals surface area (Å²) in [5.41, 5.74) is 1.54. The molecule has 0 aromatic heterocycles. The zero-order chi connectivity index (χ0) is 16.7. The second kappa shape index (κ2) is 8.35. The van der Waals surface area contributed by atoms with Crippen LogP contribution in [0.3, 0.4) is 0 Å². The van der Waals surface area contributed by atoms with Crippen LogP contribution in [0.1, 0.15) is 17.5 Å². The van der Waals surface area contributed by atoms with Crippen LogP contribution in [0, 0.1) is 11.3 Å². The Balaban J connectivity index is 1.82. The van der Waals surface area contributed by atoms with Gasteiger partial charge in [-0.25, -0.2) is 0 Å². The minimum absolute atomic E-state index is 0.00218. The predicted octanol–water partition coefficient (Wildman–Crippen LogP) is 3.75. The Labute approximate surface area is 144 Å². The summed E-state index contributed by atoms with van der Waals surface area (Å²) in [4.78, 5) is 13.8. The number of nitriles is 1. The first-order valence-corrected chi connectivity index (χ1v) is 7.99. The Hall–Kier alpha value is -2.32. The molecule has 2 aromatic rings. The highest BCUT2D eigenvalue weighted by Gasteiger charge is 2.10. The normalized spacial score (nSPS) is 9.96. The molecule has 0 unspecified atom stereocenters. The van der Waals surface area contributed by atoms with Gasteiger partial charge in [0.1, 0.15) is 5.75 Å². The monoisotopic (exact) mass is 372 g/mol. The third-order valence-electron chi connectivity index (χ3n) is 3.28. The van der Waals surface area contributed by atoms with Gasteiger partial charge in [0.25, 0.3) is 0 Å². The van der Waals surface area contributed by atoms with E-state index in [0.29, 0.717) is 25.1 Å². The summed E-state index contributed by atoms with van der Waals surface area (Å²) < 4.78 is 6.51. The summed E-state index contributed by atoms with van der Waals surface area (Å²) in [6.07, 6.45) is 0.307. The van der Waals surface area contributed by atoms with Gasteiger partial charge in [0.2, 0.25) is 5.91 Å². The molecule has 0 bridgehead atoms. The molecule has 5 heteroatoms. The summed E-state index contributed by atoms with van der Waals surface area (Å²) >= 11 is 3.38. The predicted molar refractivity (Wildman–Crippen MR) is 91.9 cm³/mol. The lowest BCUT2D eigenvalue weighted by Gasteiger charge is -2.17. The van der Waals surface area contributed by atoms with Crippen molar-refractivity contribution in [3.63, 3.8) is 0 Å². The van der Waals surface area contributed by atoms with Crippen LogP contribution in [-0.2, 0) is 11.3 Å². The molecule has 0 aliphatic rings. The van der Waals surface area contributed by atoms with Gasteiger partial charge in [-0.3, -0.25) is 4.79 Å². The van der Waals surface area contributed by atoms with Gasteiger partial charge in [-0.05, 0) is 35.9 Å². The van der Waals surface area contributed by atoms with Crippen molar-refractivity contribution in [1.29, 1.82) is 5.26 Å². The molecule has 0 aliphatic carbocycles. The van der Waals surface area contributed by atoms with Crippen LogP contribution in [0.5, 0.6) is 5.75 Å². The van der Waals surface area contributed by atoms with E-state index in [4.69, 9.17) is 10.00 Å². The van der Waals surface area contributed by atoms with Gasteiger partial charge in [-0.2, -0.15) is 5.26 Å². The van der Waals surface area contributed by atoms with E-state index >= 15 is 0 Å². The maximum atomic E-state index is 12.1. The number of carbonyl (C=O) groups excluding carboxylic acids is 1. The van der Waals surface area contributed by atoms with Gasteiger partial charge in [-0.15, -0.1) is 0 Å². The lowest BCUT2D eigenvalue weighted by Crippen LogP contribution is -2.27. The van der Waals surface area contributed by atoms with Crippen LogP contribution in [0.15, 0.2) is 53.0 Å². The van der Waals surface area contributed by atoms with Gasteiger partial charge in [-0.1, -0.05) is 34.1 Å². The van der Waals surface area contributed by atoms with E-state index in [1.807, 2.05) is 36.4 Å². The topological polar surface area (TPSA) is 53.3 Å². The van der Waals surface area contributed by atoms with Gasteiger partial charge in [0.15, 0.2) is 0 Å². The molecule has 0 fully saturated rings. The molecule has 0 aliphatic heterocycles. The molecule has 0 saturated carbocycles. The highest BCUT2D eigenvalue weighted by atomic mass is 79.9. The second-order valence-electron chi connectivity index (χ2n) is 5.12. The first kappa shape index (κ1) is 17.0. The fourth-order valence-corrected chi connectivity index (χ4v) is 2.48. The maximum absolute atomic E-state index is 12.1. The summed E-state index contributed by atoms with van der Waals surface area (Å²) in [7, 11) is 1.75. The molecular formula is C18H17BrN2O2. The standard InChI is InChI=1S/C18H17BrN2O2/c1-21(13-15-5-2-4-14(10-15)12-20)18(22)8-9-23-17-7-3-6-16(19)11-17/h2-7,10-11H,8-9,13H2,1H3. The van der Waals surface area contributed by atoms with E-state index in [1.54, 1.807) is 24.1 Å². The molecule has 0 N–H and O–H groups in total. The lowest BCUT2D eigenvalue weighted by molar-refractivity contribution is -0.130. The van der Waals surface area contributed by atoms with Crippen LogP contribution in [0.4, 0.5) is 0 Å². The molecule has 0 spiro atoms. The van der Waals surface area contributed by atoms with Crippen LogP contribution in [0.2, 0.25) is 0 Å². The molecule has 23 heavy (non-hydrogen) atoms. The molecule has 1 amide bonds. The van der Waals surface area contributed by atoms with E-state index in [2.05, 4.69) is 22.0 Å². The fraction of sp³-hybridized carbons (Fsp3) is 0.222. The number of rotatable bonds is 6. The zero-order valence-electron chi connectivity index (χ0n) is 12.8. The van der Waals surface area contributed by atoms with Crippen molar-refractivity contribution < 1.29 is 9.53 Å². The molecule has 0 atom stereocenters. The summed E-state index contributed by atoms with van der Waals surface area (Å²) in [6, 6.07) is 16.9. The van der Waals surface area contributed by atoms with E-state index in [9.17, 15) is 4.79 Å². The third-order valence-corrected chi connectivity index (χ3v) is 3.78. The van der Waals surface area contributed by atoms with Crippen molar-refractivity contribution in [2.45, 2.75) is 13.0 Å². The number of hydrogen-bond donors (Lipinski definition) is 0. The lowest BCUT2D eigenvalue weighted by atomic mass is 10.1. The van der Waals surface area contributed by atoms with Crippen molar-refractivity contribution >= 4 is 21.8 Å². The minimum Gasteiger partial charge on any atom is -0.493 e. The van der Waals surface area contributed by atoms with Crippen molar-refractivity contribution in [3.8, 4) is 11.8 Å². The van der Waals surface area contributed by atoms with Crippen molar-refractivity contribution in [3.05, 3.63) is 64.1 Å². The smallest absolute Gasteiger partial charge is 0.226 e. The average Bonchev–Trinajstić information content (AvgIpc) is 2.55. The second-order valence-corrected chi connectivity index (χ2v) is 6.03. The molecule has 0 saturated heterocycles. The number of benzene rings is 2. The summed E-state index contributed by atoms with van der Waals surface area (Å²) in [5.74, 6) is 0.735. The third kappa shape index (κ3) is 5.42. The SMILES string of the molecule is CN(Cc1cccc(C#N)c1)C(=O)CCOc1cccc(Br)c1. The molecular weight excluding hydrogens is 356 g/mol.